The van der Waals surface area contributed by atoms with Crippen molar-refractivity contribution in [2.75, 3.05) is 25.1 Å². The molecule has 3 aliphatic rings. The molecule has 1 aliphatic heterocycles. The van der Waals surface area contributed by atoms with Crippen LogP contribution < -0.4 is 21.3 Å². The molecule has 0 radical (unpaired) electrons. The minimum atomic E-state index is -3.39. The van der Waals surface area contributed by atoms with Gasteiger partial charge < -0.3 is 26.2 Å². The monoisotopic (exact) mass is 653 g/mol. The van der Waals surface area contributed by atoms with Crippen molar-refractivity contribution >= 4 is 39.4 Å². The predicted molar refractivity (Wildman–Crippen MR) is 172 cm³/mol. The van der Waals surface area contributed by atoms with Crippen LogP contribution in [0.25, 0.3) is 0 Å². The molecule has 13 heteroatoms. The number of amides is 5. The summed E-state index contributed by atoms with van der Waals surface area (Å²) >= 11 is 0. The summed E-state index contributed by atoms with van der Waals surface area (Å²) in [5.41, 5.74) is -1.84. The van der Waals surface area contributed by atoms with Crippen LogP contribution in [0, 0.1) is 22.7 Å². The molecule has 256 valence electrons. The second-order valence-corrected chi connectivity index (χ2v) is 17.3. The van der Waals surface area contributed by atoms with Gasteiger partial charge >= 0.3 is 6.03 Å². The van der Waals surface area contributed by atoms with Gasteiger partial charge in [-0.25, -0.2) is 13.2 Å². The molecule has 45 heavy (non-hydrogen) atoms. The SMILES string of the molecule is CCCNC(=O)C(=O)C(CCC)NC(=O)[C@@H]1C2C(CN1C(=O)[C@@H](NC(=O)NC1(CS(C)(=O)=O)CCCCC1)C(C)(C)C)C2(C)C. The Morgan fingerprint density at radius 1 is 0.956 bits per heavy atom. The zero-order chi connectivity index (χ0) is 34.0. The molecule has 1 saturated heterocycles. The van der Waals surface area contributed by atoms with Crippen molar-refractivity contribution in [3.8, 4) is 0 Å². The lowest BCUT2D eigenvalue weighted by molar-refractivity contribution is -0.145. The number of Topliss-reactive ketones (excluding diaryl/α,β-unsaturated/α-hetero) is 1. The zero-order valence-corrected chi connectivity index (χ0v) is 29.2. The maximum absolute atomic E-state index is 14.3. The molecule has 3 unspecified atom stereocenters. The first-order valence-corrected chi connectivity index (χ1v) is 18.5. The summed E-state index contributed by atoms with van der Waals surface area (Å²) in [6.45, 7) is 14.0. The minimum absolute atomic E-state index is 0.0695. The van der Waals surface area contributed by atoms with Gasteiger partial charge in [-0.05, 0) is 48.3 Å². The first-order chi connectivity index (χ1) is 20.8. The Morgan fingerprint density at radius 3 is 2.11 bits per heavy atom. The van der Waals surface area contributed by atoms with Crippen LogP contribution >= 0.6 is 0 Å². The lowest BCUT2D eigenvalue weighted by atomic mass is 9.83. The van der Waals surface area contributed by atoms with E-state index in [0.29, 0.717) is 38.8 Å². The number of carbonyl (C=O) groups excluding carboxylic acids is 5. The lowest BCUT2D eigenvalue weighted by Crippen LogP contribution is -2.63. The van der Waals surface area contributed by atoms with E-state index in [1.54, 1.807) is 0 Å². The van der Waals surface area contributed by atoms with Gasteiger partial charge in [-0.3, -0.25) is 19.2 Å². The van der Waals surface area contributed by atoms with E-state index in [-0.39, 0.29) is 29.4 Å². The number of rotatable bonds is 13. The molecule has 0 aromatic heterocycles. The van der Waals surface area contributed by atoms with Gasteiger partial charge in [0.15, 0.2) is 0 Å². The van der Waals surface area contributed by atoms with Gasteiger partial charge in [0, 0.05) is 19.3 Å². The molecule has 4 N–H and O–H groups in total. The zero-order valence-electron chi connectivity index (χ0n) is 28.4. The molecule has 2 aliphatic carbocycles. The minimum Gasteiger partial charge on any atom is -0.349 e. The number of fused-ring (bicyclic) bond motifs is 1. The number of nitrogens with zero attached hydrogens (tertiary/aromatic N) is 1. The molecular formula is C32H55N5O7S. The molecular weight excluding hydrogens is 598 g/mol. The Hall–Kier alpha value is -2.70. The van der Waals surface area contributed by atoms with E-state index in [0.717, 1.165) is 25.5 Å². The number of hydrogen-bond acceptors (Lipinski definition) is 7. The third-order valence-electron chi connectivity index (χ3n) is 9.85. The third-order valence-corrected chi connectivity index (χ3v) is 10.9. The number of ketones is 1. The average molecular weight is 654 g/mol. The normalized spacial score (nSPS) is 24.9. The maximum Gasteiger partial charge on any atom is 0.315 e. The van der Waals surface area contributed by atoms with Gasteiger partial charge in [0.25, 0.3) is 5.91 Å². The molecule has 2 saturated carbocycles. The number of carbonyl (C=O) groups is 5. The summed E-state index contributed by atoms with van der Waals surface area (Å²) in [7, 11) is -3.39. The largest absolute Gasteiger partial charge is 0.349 e. The van der Waals surface area contributed by atoms with E-state index >= 15 is 0 Å². The Balaban J connectivity index is 1.83. The highest BCUT2D eigenvalue weighted by Crippen LogP contribution is 2.65. The highest BCUT2D eigenvalue weighted by Gasteiger charge is 2.70. The fourth-order valence-corrected chi connectivity index (χ4v) is 8.73. The first kappa shape index (κ1) is 36.8. The summed E-state index contributed by atoms with van der Waals surface area (Å²) < 4.78 is 24.5. The summed E-state index contributed by atoms with van der Waals surface area (Å²) in [4.78, 5) is 68.6. The summed E-state index contributed by atoms with van der Waals surface area (Å²) in [6.07, 6.45) is 6.28. The Bertz CT molecular complexity index is 1250. The summed E-state index contributed by atoms with van der Waals surface area (Å²) in [6, 6.07) is -3.51. The van der Waals surface area contributed by atoms with Crippen molar-refractivity contribution in [1.82, 2.24) is 26.2 Å². The van der Waals surface area contributed by atoms with Crippen molar-refractivity contribution in [3.05, 3.63) is 0 Å². The number of likely N-dealkylation sites (tertiary alicyclic amines) is 1. The number of piperidine rings is 1. The Labute approximate surface area is 268 Å². The van der Waals surface area contributed by atoms with E-state index in [1.165, 1.54) is 4.90 Å². The van der Waals surface area contributed by atoms with Crippen LogP contribution in [-0.4, -0.2) is 91.6 Å². The van der Waals surface area contributed by atoms with E-state index in [1.807, 2.05) is 34.6 Å². The van der Waals surface area contributed by atoms with E-state index in [9.17, 15) is 32.4 Å². The van der Waals surface area contributed by atoms with Gasteiger partial charge in [0.05, 0.1) is 17.3 Å². The quantitative estimate of drug-likeness (QED) is 0.221. The molecule has 5 atom stereocenters. The number of urea groups is 1. The average Bonchev–Trinajstić information content (AvgIpc) is 3.25. The van der Waals surface area contributed by atoms with Crippen molar-refractivity contribution in [2.24, 2.45) is 22.7 Å². The standard InChI is InChI=1S/C32H55N5O7S/c1-9-14-21(24(38)27(40)33-17-10-2)34-26(39)23-22-20(31(22,6)7)18-37(23)28(41)25(30(3,4)5)35-29(42)36-32(19-45(8,43)44)15-12-11-13-16-32/h20-23,25H,9-19H2,1-8H3,(H,33,40)(H,34,39)(H2,35,36,42)/t20?,21?,22?,23-,25+/m0/s1. The van der Waals surface area contributed by atoms with Crippen molar-refractivity contribution in [2.45, 2.75) is 123 Å². The molecule has 12 nitrogen and oxygen atoms in total. The summed E-state index contributed by atoms with van der Waals surface area (Å²) in [5.74, 6) is -2.60. The molecule has 0 aromatic rings. The van der Waals surface area contributed by atoms with Gasteiger partial charge in [-0.1, -0.05) is 74.1 Å². The highest BCUT2D eigenvalue weighted by molar-refractivity contribution is 7.90. The van der Waals surface area contributed by atoms with E-state index in [2.05, 4.69) is 35.1 Å². The van der Waals surface area contributed by atoms with Crippen LogP contribution in [0.3, 0.4) is 0 Å². The van der Waals surface area contributed by atoms with Crippen molar-refractivity contribution in [3.63, 3.8) is 0 Å². The number of nitrogens with one attached hydrogen (secondary N) is 4. The van der Waals surface area contributed by atoms with Crippen LogP contribution in [0.1, 0.15) is 99.8 Å². The fraction of sp³-hybridized carbons (Fsp3) is 0.844. The summed E-state index contributed by atoms with van der Waals surface area (Å²) in [5, 5.41) is 11.1. The maximum atomic E-state index is 14.3. The first-order valence-electron chi connectivity index (χ1n) is 16.5. The second kappa shape index (κ2) is 14.0. The predicted octanol–water partition coefficient (Wildman–Crippen LogP) is 2.31. The number of hydrogen-bond donors (Lipinski definition) is 4. The molecule has 0 aromatic carbocycles. The third kappa shape index (κ3) is 8.77. The highest BCUT2D eigenvalue weighted by atomic mass is 32.2. The molecule has 5 amide bonds. The van der Waals surface area contributed by atoms with Crippen LogP contribution in [0.2, 0.25) is 0 Å². The smallest absolute Gasteiger partial charge is 0.315 e. The molecule has 3 rings (SSSR count). The van der Waals surface area contributed by atoms with Crippen molar-refractivity contribution < 1.29 is 32.4 Å². The Morgan fingerprint density at radius 2 is 1.58 bits per heavy atom. The van der Waals surface area contributed by atoms with Gasteiger partial charge in [-0.15, -0.1) is 0 Å². The van der Waals surface area contributed by atoms with Crippen molar-refractivity contribution in [1.29, 1.82) is 0 Å². The molecule has 3 fully saturated rings. The molecule has 1 heterocycles. The van der Waals surface area contributed by atoms with E-state index in [4.69, 9.17) is 0 Å². The van der Waals surface area contributed by atoms with Crippen LogP contribution in [-0.2, 0) is 29.0 Å². The Kier molecular flexibility index (Phi) is 11.4. The van der Waals surface area contributed by atoms with Gasteiger partial charge in [0.1, 0.15) is 21.9 Å². The molecule has 0 spiro atoms. The fourth-order valence-electron chi connectivity index (χ4n) is 7.37. The van der Waals surface area contributed by atoms with Gasteiger partial charge in [0.2, 0.25) is 17.6 Å². The molecule has 0 bridgehead atoms. The van der Waals surface area contributed by atoms with Gasteiger partial charge in [-0.2, -0.15) is 0 Å². The van der Waals surface area contributed by atoms with Crippen LogP contribution in [0.15, 0.2) is 0 Å². The van der Waals surface area contributed by atoms with E-state index < -0.39 is 68.5 Å². The second-order valence-electron chi connectivity index (χ2n) is 15.2. The topological polar surface area (TPSA) is 171 Å². The van der Waals surface area contributed by atoms with Crippen LogP contribution in [0.5, 0.6) is 0 Å². The van der Waals surface area contributed by atoms with Crippen LogP contribution in [0.4, 0.5) is 4.79 Å². The number of sulfone groups is 1. The lowest BCUT2D eigenvalue weighted by Gasteiger charge is -2.40.